The summed E-state index contributed by atoms with van der Waals surface area (Å²) in [4.78, 5) is 0. The molecule has 0 spiro atoms. The van der Waals surface area contributed by atoms with E-state index in [-0.39, 0.29) is 17.9 Å². The van der Waals surface area contributed by atoms with Crippen LogP contribution in [0.3, 0.4) is 0 Å². The summed E-state index contributed by atoms with van der Waals surface area (Å²) in [6.45, 7) is 1.67. The third kappa shape index (κ3) is 5.37. The lowest BCUT2D eigenvalue weighted by Crippen LogP contribution is -2.25. The lowest BCUT2D eigenvalue weighted by atomic mass is 10.1. The molecule has 124 valence electrons. The molecule has 0 fully saturated rings. The van der Waals surface area contributed by atoms with E-state index in [0.29, 0.717) is 5.56 Å². The van der Waals surface area contributed by atoms with Crippen molar-refractivity contribution in [3.63, 3.8) is 0 Å². The zero-order valence-electron chi connectivity index (χ0n) is 12.4. The molecular formula is C16H16F3NO2S. The summed E-state index contributed by atoms with van der Waals surface area (Å²) < 4.78 is 64.3. The van der Waals surface area contributed by atoms with Crippen LogP contribution >= 0.6 is 0 Å². The van der Waals surface area contributed by atoms with E-state index in [1.165, 1.54) is 12.1 Å². The quantitative estimate of drug-likeness (QED) is 0.901. The molecule has 3 nitrogen and oxygen atoms in total. The third-order valence-electron chi connectivity index (χ3n) is 3.19. The molecular weight excluding hydrogens is 327 g/mol. The highest BCUT2D eigenvalue weighted by Gasteiger charge is 2.30. The Balaban J connectivity index is 2.05. The minimum Gasteiger partial charge on any atom is -0.212 e. The molecule has 0 saturated carbocycles. The zero-order valence-corrected chi connectivity index (χ0v) is 13.2. The van der Waals surface area contributed by atoms with Crippen LogP contribution in [0.15, 0.2) is 48.5 Å². The van der Waals surface area contributed by atoms with Crippen molar-refractivity contribution in [2.45, 2.75) is 25.4 Å². The number of benzene rings is 2. The Hall–Kier alpha value is -1.86. The highest BCUT2D eigenvalue weighted by atomic mass is 32.2. The Bertz CT molecular complexity index is 786. The smallest absolute Gasteiger partial charge is 0.212 e. The lowest BCUT2D eigenvalue weighted by Gasteiger charge is -2.10. The van der Waals surface area contributed by atoms with E-state index in [1.54, 1.807) is 18.2 Å². The fourth-order valence-electron chi connectivity index (χ4n) is 2.12. The van der Waals surface area contributed by atoms with Gasteiger partial charge in [-0.1, -0.05) is 48.0 Å². The number of halogens is 3. The number of alkyl halides is 3. The van der Waals surface area contributed by atoms with E-state index < -0.39 is 21.8 Å². The first-order chi connectivity index (χ1) is 10.7. The second kappa shape index (κ2) is 6.72. The van der Waals surface area contributed by atoms with E-state index in [2.05, 4.69) is 4.72 Å². The molecule has 2 rings (SSSR count). The van der Waals surface area contributed by atoms with Crippen LogP contribution in [-0.4, -0.2) is 8.42 Å². The molecule has 7 heteroatoms. The van der Waals surface area contributed by atoms with Gasteiger partial charge in [0.05, 0.1) is 11.3 Å². The van der Waals surface area contributed by atoms with Crippen molar-refractivity contribution in [2.75, 3.05) is 0 Å². The molecule has 0 saturated heterocycles. The van der Waals surface area contributed by atoms with Gasteiger partial charge in [0.2, 0.25) is 10.0 Å². The zero-order chi connectivity index (χ0) is 17.1. The van der Waals surface area contributed by atoms with Gasteiger partial charge >= 0.3 is 6.18 Å². The average Bonchev–Trinajstić information content (AvgIpc) is 2.44. The standard InChI is InChI=1S/C16H16F3NO2S/c1-12-4-2-6-14(8-12)11-23(21,22)20-10-13-5-3-7-15(9-13)16(17,18)19/h2-9,20H,10-11H2,1H3. The molecule has 2 aromatic carbocycles. The molecule has 0 aliphatic heterocycles. The van der Waals surface area contributed by atoms with Gasteiger partial charge in [-0.05, 0) is 24.1 Å². The largest absolute Gasteiger partial charge is 0.416 e. The number of aryl methyl sites for hydroxylation is 1. The summed E-state index contributed by atoms with van der Waals surface area (Å²) in [7, 11) is -3.63. The maximum absolute atomic E-state index is 12.6. The van der Waals surface area contributed by atoms with Gasteiger partial charge in [0.25, 0.3) is 0 Å². The Morgan fingerprint density at radius 3 is 2.30 bits per heavy atom. The highest BCUT2D eigenvalue weighted by Crippen LogP contribution is 2.29. The normalized spacial score (nSPS) is 12.3. The van der Waals surface area contributed by atoms with E-state index in [1.807, 2.05) is 13.0 Å². The van der Waals surface area contributed by atoms with Crippen LogP contribution in [0.4, 0.5) is 13.2 Å². The molecule has 23 heavy (non-hydrogen) atoms. The number of hydrogen-bond acceptors (Lipinski definition) is 2. The monoisotopic (exact) mass is 343 g/mol. The van der Waals surface area contributed by atoms with Crippen LogP contribution in [-0.2, 0) is 28.5 Å². The fourth-order valence-corrected chi connectivity index (χ4v) is 3.23. The van der Waals surface area contributed by atoms with Crippen LogP contribution in [0.1, 0.15) is 22.3 Å². The minimum atomic E-state index is -4.45. The number of sulfonamides is 1. The Morgan fingerprint density at radius 1 is 1.00 bits per heavy atom. The van der Waals surface area contributed by atoms with E-state index in [9.17, 15) is 21.6 Å². The molecule has 0 aliphatic carbocycles. The van der Waals surface area contributed by atoms with Crippen LogP contribution < -0.4 is 4.72 Å². The number of nitrogens with one attached hydrogen (secondary N) is 1. The van der Waals surface area contributed by atoms with Gasteiger partial charge in [-0.2, -0.15) is 13.2 Å². The lowest BCUT2D eigenvalue weighted by molar-refractivity contribution is -0.137. The molecule has 0 unspecified atom stereocenters. The van der Waals surface area contributed by atoms with Crippen LogP contribution in [0.5, 0.6) is 0 Å². The van der Waals surface area contributed by atoms with Crippen molar-refractivity contribution in [1.29, 1.82) is 0 Å². The van der Waals surface area contributed by atoms with Crippen LogP contribution in [0.25, 0.3) is 0 Å². The molecule has 0 heterocycles. The van der Waals surface area contributed by atoms with Crippen molar-refractivity contribution in [1.82, 2.24) is 4.72 Å². The highest BCUT2D eigenvalue weighted by molar-refractivity contribution is 7.88. The molecule has 0 aromatic heterocycles. The second-order valence-electron chi connectivity index (χ2n) is 5.27. The maximum atomic E-state index is 12.6. The molecule has 0 aliphatic rings. The predicted molar refractivity (Wildman–Crippen MR) is 82.1 cm³/mol. The first-order valence-electron chi connectivity index (χ1n) is 6.85. The van der Waals surface area contributed by atoms with E-state index in [0.717, 1.165) is 17.7 Å². The second-order valence-corrected chi connectivity index (χ2v) is 7.07. The Morgan fingerprint density at radius 2 is 1.65 bits per heavy atom. The molecule has 0 bridgehead atoms. The molecule has 0 atom stereocenters. The molecule has 2 aromatic rings. The van der Waals surface area contributed by atoms with Crippen molar-refractivity contribution in [2.24, 2.45) is 0 Å². The Labute approximate surface area is 133 Å². The SMILES string of the molecule is Cc1cccc(CS(=O)(=O)NCc2cccc(C(F)(F)F)c2)c1. The van der Waals surface area contributed by atoms with Gasteiger partial charge < -0.3 is 0 Å². The first kappa shape index (κ1) is 17.5. The van der Waals surface area contributed by atoms with Crippen LogP contribution in [0, 0.1) is 6.92 Å². The predicted octanol–water partition coefficient (Wildman–Crippen LogP) is 3.63. The first-order valence-corrected chi connectivity index (χ1v) is 8.50. The summed E-state index contributed by atoms with van der Waals surface area (Å²) in [5.74, 6) is -0.215. The third-order valence-corrected chi connectivity index (χ3v) is 4.49. The van der Waals surface area contributed by atoms with Gasteiger partial charge in [0.15, 0.2) is 0 Å². The summed E-state index contributed by atoms with van der Waals surface area (Å²) in [5.41, 5.74) is 1.03. The van der Waals surface area contributed by atoms with Crippen molar-refractivity contribution < 1.29 is 21.6 Å². The van der Waals surface area contributed by atoms with Crippen molar-refractivity contribution in [3.8, 4) is 0 Å². The minimum absolute atomic E-state index is 0.182. The van der Waals surface area contributed by atoms with Gasteiger partial charge in [-0.3, -0.25) is 0 Å². The van der Waals surface area contributed by atoms with Gasteiger partial charge in [0.1, 0.15) is 0 Å². The van der Waals surface area contributed by atoms with Gasteiger partial charge in [-0.15, -0.1) is 0 Å². The summed E-state index contributed by atoms with van der Waals surface area (Å²) in [6, 6.07) is 11.6. The molecule has 0 amide bonds. The maximum Gasteiger partial charge on any atom is 0.416 e. The van der Waals surface area contributed by atoms with Gasteiger partial charge in [-0.25, -0.2) is 13.1 Å². The number of hydrogen-bond donors (Lipinski definition) is 1. The average molecular weight is 343 g/mol. The van der Waals surface area contributed by atoms with Crippen molar-refractivity contribution >= 4 is 10.0 Å². The summed E-state index contributed by atoms with van der Waals surface area (Å²) >= 11 is 0. The van der Waals surface area contributed by atoms with Crippen LogP contribution in [0.2, 0.25) is 0 Å². The summed E-state index contributed by atoms with van der Waals surface area (Å²) in [6.07, 6.45) is -4.45. The topological polar surface area (TPSA) is 46.2 Å². The molecule has 0 radical (unpaired) electrons. The Kier molecular flexibility index (Phi) is 5.11. The van der Waals surface area contributed by atoms with E-state index in [4.69, 9.17) is 0 Å². The number of rotatable bonds is 5. The molecule has 1 N–H and O–H groups in total. The van der Waals surface area contributed by atoms with E-state index >= 15 is 0 Å². The van der Waals surface area contributed by atoms with Crippen molar-refractivity contribution in [3.05, 3.63) is 70.8 Å². The summed E-state index contributed by atoms with van der Waals surface area (Å²) in [5, 5.41) is 0. The fraction of sp³-hybridized carbons (Fsp3) is 0.250. The van der Waals surface area contributed by atoms with Gasteiger partial charge in [0, 0.05) is 6.54 Å².